The van der Waals surface area contributed by atoms with E-state index >= 15 is 0 Å². The number of H-pyrrole nitrogens is 1. The van der Waals surface area contributed by atoms with E-state index in [0.717, 1.165) is 18.4 Å². The highest BCUT2D eigenvalue weighted by molar-refractivity contribution is 5.94. The van der Waals surface area contributed by atoms with Crippen LogP contribution in [-0.2, 0) is 5.54 Å². The molecule has 3 N–H and O–H groups in total. The third-order valence-corrected chi connectivity index (χ3v) is 4.56. The number of carbonyl (C=O) groups is 1. The minimum Gasteiger partial charge on any atom is -0.390 e. The zero-order valence-electron chi connectivity index (χ0n) is 12.8. The third-order valence-electron chi connectivity index (χ3n) is 4.56. The first-order chi connectivity index (χ1) is 11.1. The van der Waals surface area contributed by atoms with Gasteiger partial charge in [0.1, 0.15) is 5.56 Å². The first-order valence-corrected chi connectivity index (χ1v) is 7.87. The lowest BCUT2D eigenvalue weighted by Gasteiger charge is -2.42. The van der Waals surface area contributed by atoms with E-state index in [1.165, 1.54) is 12.3 Å². The van der Waals surface area contributed by atoms with Crippen molar-refractivity contribution in [3.63, 3.8) is 0 Å². The van der Waals surface area contributed by atoms with E-state index in [4.69, 9.17) is 0 Å². The molecule has 2 aromatic rings. The van der Waals surface area contributed by atoms with Crippen molar-refractivity contribution in [3.8, 4) is 0 Å². The number of carbonyl (C=O) groups excluding carboxylic acids is 1. The molecule has 120 valence electrons. The molecule has 1 aromatic heterocycles. The van der Waals surface area contributed by atoms with Crippen LogP contribution in [0, 0.1) is 0 Å². The van der Waals surface area contributed by atoms with Gasteiger partial charge in [0.2, 0.25) is 0 Å². The number of nitrogens with one attached hydrogen (secondary N) is 2. The second-order valence-electron chi connectivity index (χ2n) is 5.97. The van der Waals surface area contributed by atoms with Crippen molar-refractivity contribution in [1.29, 1.82) is 0 Å². The van der Waals surface area contributed by atoms with E-state index in [9.17, 15) is 14.7 Å². The second-order valence-corrected chi connectivity index (χ2v) is 5.97. The Morgan fingerprint density at radius 3 is 2.65 bits per heavy atom. The van der Waals surface area contributed by atoms with Crippen LogP contribution in [0.4, 0.5) is 0 Å². The number of hydrogen-bond acceptors (Lipinski definition) is 3. The molecule has 5 heteroatoms. The van der Waals surface area contributed by atoms with Crippen molar-refractivity contribution < 1.29 is 9.90 Å². The molecule has 1 aromatic carbocycles. The average molecular weight is 312 g/mol. The average Bonchev–Trinajstić information content (AvgIpc) is 2.58. The van der Waals surface area contributed by atoms with Crippen molar-refractivity contribution in [2.75, 3.05) is 0 Å². The standard InChI is InChI=1S/C18H20N2O3/c21-15-10-4-5-11-18(15,13-7-2-1-3-8-13)20-17(23)14-9-6-12-19-16(14)22/h1-3,6-9,12,15,21H,4-5,10-11H2,(H,19,22)(H,20,23)/t15-,18-/m1/s1. The molecular formula is C18H20N2O3. The second kappa shape index (κ2) is 6.38. The predicted molar refractivity (Wildman–Crippen MR) is 87.1 cm³/mol. The van der Waals surface area contributed by atoms with Gasteiger partial charge in [-0.2, -0.15) is 0 Å². The lowest BCUT2D eigenvalue weighted by atomic mass is 9.74. The van der Waals surface area contributed by atoms with E-state index in [-0.39, 0.29) is 5.56 Å². The van der Waals surface area contributed by atoms with Gasteiger partial charge in [0.05, 0.1) is 11.6 Å². The van der Waals surface area contributed by atoms with Crippen molar-refractivity contribution in [3.05, 3.63) is 70.1 Å². The molecule has 1 aliphatic carbocycles. The first kappa shape index (κ1) is 15.5. The summed E-state index contributed by atoms with van der Waals surface area (Å²) in [4.78, 5) is 27.0. The largest absolute Gasteiger partial charge is 0.390 e. The fraction of sp³-hybridized carbons (Fsp3) is 0.333. The molecule has 0 spiro atoms. The predicted octanol–water partition coefficient (Wildman–Crippen LogP) is 1.94. The molecule has 3 rings (SSSR count). The van der Waals surface area contributed by atoms with Crippen LogP contribution >= 0.6 is 0 Å². The number of pyridine rings is 1. The Morgan fingerprint density at radius 2 is 1.96 bits per heavy atom. The van der Waals surface area contributed by atoms with E-state index in [0.29, 0.717) is 12.8 Å². The van der Waals surface area contributed by atoms with Crippen LogP contribution in [0.2, 0.25) is 0 Å². The van der Waals surface area contributed by atoms with Crippen LogP contribution in [0.1, 0.15) is 41.6 Å². The molecule has 23 heavy (non-hydrogen) atoms. The smallest absolute Gasteiger partial charge is 0.260 e. The Bertz CT molecular complexity index is 741. The van der Waals surface area contributed by atoms with Gasteiger partial charge in [-0.05, 0) is 30.5 Å². The maximum Gasteiger partial charge on any atom is 0.260 e. The van der Waals surface area contributed by atoms with Crippen LogP contribution in [0.5, 0.6) is 0 Å². The zero-order chi connectivity index (χ0) is 16.3. The highest BCUT2D eigenvalue weighted by Crippen LogP contribution is 2.37. The van der Waals surface area contributed by atoms with Gasteiger partial charge in [0, 0.05) is 6.20 Å². The minimum absolute atomic E-state index is 0.0561. The van der Waals surface area contributed by atoms with Crippen LogP contribution in [0.3, 0.4) is 0 Å². The first-order valence-electron chi connectivity index (χ1n) is 7.87. The summed E-state index contributed by atoms with van der Waals surface area (Å²) in [6.07, 6.45) is 3.93. The molecule has 0 bridgehead atoms. The Balaban J connectivity index is 1.99. The minimum atomic E-state index is -0.848. The SMILES string of the molecule is O=C(N[C@@]1(c2ccccc2)CCCC[C@H]1O)c1ccc[nH]c1=O. The summed E-state index contributed by atoms with van der Waals surface area (Å²) < 4.78 is 0. The number of aliphatic hydroxyl groups is 1. The molecule has 0 unspecified atom stereocenters. The normalized spacial score (nSPS) is 24.1. The summed E-state index contributed by atoms with van der Waals surface area (Å²) in [6, 6.07) is 12.6. The van der Waals surface area contributed by atoms with Crippen LogP contribution < -0.4 is 10.9 Å². The quantitative estimate of drug-likeness (QED) is 0.810. The maximum absolute atomic E-state index is 12.6. The van der Waals surface area contributed by atoms with E-state index < -0.39 is 23.1 Å². The highest BCUT2D eigenvalue weighted by atomic mass is 16.3. The van der Waals surface area contributed by atoms with Gasteiger partial charge < -0.3 is 15.4 Å². The van der Waals surface area contributed by atoms with E-state index in [1.54, 1.807) is 6.07 Å². The summed E-state index contributed by atoms with van der Waals surface area (Å²) in [7, 11) is 0. The number of amides is 1. The summed E-state index contributed by atoms with van der Waals surface area (Å²) >= 11 is 0. The lowest BCUT2D eigenvalue weighted by Crippen LogP contribution is -2.56. The van der Waals surface area contributed by atoms with Gasteiger partial charge in [0.15, 0.2) is 0 Å². The van der Waals surface area contributed by atoms with Gasteiger partial charge in [-0.15, -0.1) is 0 Å². The summed E-state index contributed by atoms with van der Waals surface area (Å²) in [5.74, 6) is -0.461. The summed E-state index contributed by atoms with van der Waals surface area (Å²) in [6.45, 7) is 0. The van der Waals surface area contributed by atoms with Crippen LogP contribution in [0.15, 0.2) is 53.5 Å². The number of aliphatic hydroxyl groups excluding tert-OH is 1. The number of rotatable bonds is 3. The van der Waals surface area contributed by atoms with Gasteiger partial charge >= 0.3 is 0 Å². The van der Waals surface area contributed by atoms with Crippen molar-refractivity contribution in [2.45, 2.75) is 37.3 Å². The molecule has 2 atom stereocenters. The number of benzene rings is 1. The van der Waals surface area contributed by atoms with Crippen molar-refractivity contribution >= 4 is 5.91 Å². The highest BCUT2D eigenvalue weighted by Gasteiger charge is 2.43. The Hall–Kier alpha value is -2.40. The third kappa shape index (κ3) is 2.92. The van der Waals surface area contributed by atoms with Gasteiger partial charge in [0.25, 0.3) is 11.5 Å². The molecule has 1 amide bonds. The molecule has 1 aliphatic rings. The maximum atomic E-state index is 12.6. The molecule has 1 saturated carbocycles. The summed E-state index contributed by atoms with van der Waals surface area (Å²) in [5.41, 5.74) is -0.356. The van der Waals surface area contributed by atoms with Gasteiger partial charge in [-0.1, -0.05) is 43.2 Å². The lowest BCUT2D eigenvalue weighted by molar-refractivity contribution is 0.0196. The molecular weight excluding hydrogens is 292 g/mol. The zero-order valence-corrected chi connectivity index (χ0v) is 12.8. The van der Waals surface area contributed by atoms with Crippen molar-refractivity contribution in [1.82, 2.24) is 10.3 Å². The number of hydrogen-bond donors (Lipinski definition) is 3. The molecule has 0 radical (unpaired) electrons. The van der Waals surface area contributed by atoms with Gasteiger partial charge in [-0.3, -0.25) is 9.59 Å². The Kier molecular flexibility index (Phi) is 4.30. The monoisotopic (exact) mass is 312 g/mol. The fourth-order valence-electron chi connectivity index (χ4n) is 3.32. The fourth-order valence-corrected chi connectivity index (χ4v) is 3.32. The van der Waals surface area contributed by atoms with Crippen LogP contribution in [-0.4, -0.2) is 22.1 Å². The van der Waals surface area contributed by atoms with Crippen LogP contribution in [0.25, 0.3) is 0 Å². The summed E-state index contributed by atoms with van der Waals surface area (Å²) in [5, 5.41) is 13.6. The Labute approximate surface area is 134 Å². The molecule has 0 aliphatic heterocycles. The molecule has 0 saturated heterocycles. The number of aromatic amines is 1. The topological polar surface area (TPSA) is 82.2 Å². The molecule has 1 heterocycles. The molecule has 5 nitrogen and oxygen atoms in total. The Morgan fingerprint density at radius 1 is 1.17 bits per heavy atom. The molecule has 1 fully saturated rings. The van der Waals surface area contributed by atoms with E-state index in [2.05, 4.69) is 10.3 Å². The number of aromatic nitrogens is 1. The van der Waals surface area contributed by atoms with Gasteiger partial charge in [-0.25, -0.2) is 0 Å². The van der Waals surface area contributed by atoms with E-state index in [1.807, 2.05) is 30.3 Å². The van der Waals surface area contributed by atoms with Crippen molar-refractivity contribution in [2.24, 2.45) is 0 Å².